The average molecular weight is 838 g/mol. The lowest BCUT2D eigenvalue weighted by atomic mass is 9.86. The predicted molar refractivity (Wildman–Crippen MR) is 216 cm³/mol. The quantitative estimate of drug-likeness (QED) is 0.309. The van der Waals surface area contributed by atoms with Gasteiger partial charge in [-0.25, -0.2) is 14.4 Å². The number of hydrogen-bond donors (Lipinski definition) is 2. The molecule has 6 heterocycles. The summed E-state index contributed by atoms with van der Waals surface area (Å²) in [5.74, 6) is -1.96. The minimum Gasteiger partial charge on any atom is -0.490 e. The van der Waals surface area contributed by atoms with Crippen LogP contribution < -0.4 is 25.2 Å². The van der Waals surface area contributed by atoms with Crippen LogP contribution in [-0.2, 0) is 9.59 Å². The summed E-state index contributed by atoms with van der Waals surface area (Å²) in [7, 11) is 0. The Balaban J connectivity index is 0.739. The molecule has 2 unspecified atom stereocenters. The number of fused-ring (bicyclic) bond motifs is 1. The molecule has 3 aromatic rings. The topological polar surface area (TPSA) is 181 Å². The first-order chi connectivity index (χ1) is 29.0. The number of amides is 5. The smallest absolute Gasteiger partial charge is 0.271 e. The summed E-state index contributed by atoms with van der Waals surface area (Å²) < 4.78 is 21.6. The summed E-state index contributed by atoms with van der Waals surface area (Å²) in [5, 5.41) is 14.8. The van der Waals surface area contributed by atoms with Gasteiger partial charge in [0, 0.05) is 62.7 Å². The fraction of sp³-hybridized carbons (Fsp3) is 0.488. The normalized spacial score (nSPS) is 26.1. The minimum absolute atomic E-state index is 0.00471. The summed E-state index contributed by atoms with van der Waals surface area (Å²) in [5.41, 5.74) is 1.10. The maximum atomic E-state index is 15.5. The second-order valence-corrected chi connectivity index (χ2v) is 17.4. The molecular weight excluding hydrogens is 793 g/mol. The number of likely N-dealkylation sites (tertiary alicyclic amines) is 1. The molecule has 6 aliphatic rings. The number of halogens is 2. The molecule has 312 valence electrons. The highest BCUT2D eigenvalue weighted by Crippen LogP contribution is 2.43. The zero-order valence-electron chi connectivity index (χ0n) is 33.0. The van der Waals surface area contributed by atoms with Gasteiger partial charge in [-0.05, 0) is 88.6 Å². The summed E-state index contributed by atoms with van der Waals surface area (Å²) in [4.78, 5) is 80.5. The van der Waals surface area contributed by atoms with Crippen LogP contribution in [0.3, 0.4) is 0 Å². The highest BCUT2D eigenvalue weighted by atomic mass is 35.5. The van der Waals surface area contributed by atoms with Crippen molar-refractivity contribution in [1.29, 1.82) is 5.26 Å². The van der Waals surface area contributed by atoms with Crippen LogP contribution in [0.1, 0.15) is 101 Å². The van der Waals surface area contributed by atoms with Gasteiger partial charge in [-0.2, -0.15) is 5.26 Å². The second-order valence-electron chi connectivity index (χ2n) is 17.0. The summed E-state index contributed by atoms with van der Waals surface area (Å²) in [6, 6.07) is 8.90. The van der Waals surface area contributed by atoms with E-state index in [-0.39, 0.29) is 58.8 Å². The van der Waals surface area contributed by atoms with E-state index in [0.29, 0.717) is 35.5 Å². The van der Waals surface area contributed by atoms with Crippen LogP contribution in [0.15, 0.2) is 42.7 Å². The first-order valence-corrected chi connectivity index (χ1v) is 21.1. The van der Waals surface area contributed by atoms with Crippen molar-refractivity contribution in [1.82, 2.24) is 30.4 Å². The molecule has 5 fully saturated rings. The molecule has 1 spiro atoms. The molecule has 1 aliphatic carbocycles. The number of benzene rings is 2. The standard InChI is InChI=1S/C43H45ClFN9O6/c44-32-17-29(4-1-25(32)20-46)60-28-5-2-26(3-6-28)49-39(56)34-21-48-37(22-47-34)53-16-12-43(24-53)11-15-52(23-43)27-9-13-51(14-10-27)36-19-31-30(18-33(36)45)41(58)54(42(31)59)35-7-8-38(55)50-40(35)57/h1,4,17-19,21-22,26-28,35H,2-3,5-16,23-24H2,(H,49,56)(H,50,55,57). The van der Waals surface area contributed by atoms with Gasteiger partial charge in [0.25, 0.3) is 17.7 Å². The summed E-state index contributed by atoms with van der Waals surface area (Å²) >= 11 is 6.15. The Bertz CT molecular complexity index is 2290. The zero-order valence-corrected chi connectivity index (χ0v) is 33.8. The third-order valence-electron chi connectivity index (χ3n) is 13.3. The van der Waals surface area contributed by atoms with Crippen LogP contribution in [0.4, 0.5) is 15.9 Å². The van der Waals surface area contributed by atoms with Crippen molar-refractivity contribution in [3.05, 3.63) is 75.9 Å². The van der Waals surface area contributed by atoms with Crippen molar-refractivity contribution in [3.8, 4) is 11.8 Å². The Hall–Kier alpha value is -5.66. The molecule has 5 aliphatic heterocycles. The number of anilines is 2. The molecule has 15 nitrogen and oxygen atoms in total. The Kier molecular flexibility index (Phi) is 10.7. The number of rotatable bonds is 8. The van der Waals surface area contributed by atoms with E-state index >= 15 is 4.39 Å². The molecule has 0 bridgehead atoms. The van der Waals surface area contributed by atoms with E-state index in [4.69, 9.17) is 21.6 Å². The van der Waals surface area contributed by atoms with Gasteiger partial charge in [-0.1, -0.05) is 11.6 Å². The minimum atomic E-state index is -1.10. The van der Waals surface area contributed by atoms with E-state index in [2.05, 4.69) is 30.4 Å². The maximum Gasteiger partial charge on any atom is 0.271 e. The highest BCUT2D eigenvalue weighted by molar-refractivity contribution is 6.31. The second kappa shape index (κ2) is 16.1. The Morgan fingerprint density at radius 2 is 1.65 bits per heavy atom. The molecule has 4 saturated heterocycles. The lowest BCUT2D eigenvalue weighted by molar-refractivity contribution is -0.136. The third-order valence-corrected chi connectivity index (χ3v) is 13.6. The number of carbonyl (C=O) groups is 5. The van der Waals surface area contributed by atoms with Gasteiger partial charge in [-0.3, -0.25) is 39.1 Å². The van der Waals surface area contributed by atoms with Crippen molar-refractivity contribution in [3.63, 3.8) is 0 Å². The number of hydrogen-bond acceptors (Lipinski definition) is 12. The average Bonchev–Trinajstić information content (AvgIpc) is 3.94. The molecular formula is C43H45ClFN9O6. The third kappa shape index (κ3) is 7.64. The number of aromatic nitrogens is 2. The van der Waals surface area contributed by atoms with E-state index in [1.54, 1.807) is 30.6 Å². The van der Waals surface area contributed by atoms with Gasteiger partial charge in [-0.15, -0.1) is 0 Å². The van der Waals surface area contributed by atoms with Crippen LogP contribution in [0, 0.1) is 22.6 Å². The van der Waals surface area contributed by atoms with Crippen molar-refractivity contribution < 1.29 is 33.1 Å². The Morgan fingerprint density at radius 3 is 2.35 bits per heavy atom. The Labute approximate surface area is 351 Å². The van der Waals surface area contributed by atoms with Gasteiger partial charge in [0.15, 0.2) is 0 Å². The molecule has 17 heteroatoms. The van der Waals surface area contributed by atoms with Crippen molar-refractivity contribution in [2.24, 2.45) is 5.41 Å². The van der Waals surface area contributed by atoms with Crippen LogP contribution in [0.2, 0.25) is 5.02 Å². The first kappa shape index (κ1) is 39.8. The number of nitrogens with one attached hydrogen (secondary N) is 2. The largest absolute Gasteiger partial charge is 0.490 e. The van der Waals surface area contributed by atoms with E-state index in [9.17, 15) is 24.0 Å². The SMILES string of the molecule is N#Cc1ccc(OC2CCC(NC(=O)c3cnc(N4CCC5(CCN(C6CCN(c7cc8c(cc7F)C(=O)N(C7CCC(=O)NC7=O)C8=O)CC6)C5)C4)cn3)CC2)cc1Cl. The number of carbonyl (C=O) groups excluding carboxylic acids is 5. The van der Waals surface area contributed by atoms with E-state index in [1.165, 1.54) is 6.07 Å². The summed E-state index contributed by atoms with van der Waals surface area (Å²) in [6.45, 7) is 4.82. The molecule has 1 saturated carbocycles. The molecule has 2 atom stereocenters. The van der Waals surface area contributed by atoms with Crippen molar-refractivity contribution in [2.45, 2.75) is 88.4 Å². The van der Waals surface area contributed by atoms with Crippen molar-refractivity contribution in [2.75, 3.05) is 49.1 Å². The summed E-state index contributed by atoms with van der Waals surface area (Å²) in [6.07, 6.45) is 10.1. The fourth-order valence-corrected chi connectivity index (χ4v) is 10.2. The maximum absolute atomic E-state index is 15.5. The molecule has 1 aromatic heterocycles. The molecule has 2 N–H and O–H groups in total. The monoisotopic (exact) mass is 837 g/mol. The van der Waals surface area contributed by atoms with Crippen molar-refractivity contribution >= 4 is 52.6 Å². The number of imide groups is 2. The van der Waals surface area contributed by atoms with Crippen LogP contribution in [0.25, 0.3) is 0 Å². The lowest BCUT2D eigenvalue weighted by Crippen LogP contribution is -2.54. The van der Waals surface area contributed by atoms with Crippen LogP contribution in [0.5, 0.6) is 5.75 Å². The van der Waals surface area contributed by atoms with E-state index in [1.807, 2.05) is 11.0 Å². The Morgan fingerprint density at radius 1 is 0.900 bits per heavy atom. The zero-order chi connectivity index (χ0) is 41.7. The van der Waals surface area contributed by atoms with E-state index < -0.39 is 35.5 Å². The molecule has 0 radical (unpaired) electrons. The molecule has 2 aromatic carbocycles. The van der Waals surface area contributed by atoms with Gasteiger partial charge >= 0.3 is 0 Å². The van der Waals surface area contributed by atoms with Crippen LogP contribution in [-0.4, -0.2) is 113 Å². The lowest BCUT2D eigenvalue weighted by Gasteiger charge is -2.38. The number of nitrogens with zero attached hydrogens (tertiary/aromatic N) is 7. The number of piperidine rings is 2. The fourth-order valence-electron chi connectivity index (χ4n) is 9.98. The predicted octanol–water partition coefficient (Wildman–Crippen LogP) is 4.23. The first-order valence-electron chi connectivity index (χ1n) is 20.8. The van der Waals surface area contributed by atoms with Gasteiger partial charge in [0.1, 0.15) is 35.2 Å². The molecule has 9 rings (SSSR count). The van der Waals surface area contributed by atoms with Gasteiger partial charge in [0.2, 0.25) is 11.8 Å². The molecule has 5 amide bonds. The number of ether oxygens (including phenoxy) is 1. The van der Waals surface area contributed by atoms with Crippen LogP contribution >= 0.6 is 11.6 Å². The van der Waals surface area contributed by atoms with Gasteiger partial charge in [0.05, 0.1) is 45.9 Å². The van der Waals surface area contributed by atoms with Gasteiger partial charge < -0.3 is 19.9 Å². The molecule has 60 heavy (non-hydrogen) atoms. The highest BCUT2D eigenvalue weighted by Gasteiger charge is 2.47. The van der Waals surface area contributed by atoms with E-state index in [0.717, 1.165) is 94.3 Å². The number of nitriles is 1.